The zero-order valence-corrected chi connectivity index (χ0v) is 8.90. The first-order chi connectivity index (χ1) is 7.22. The molecule has 0 aromatic rings. The van der Waals surface area contributed by atoms with E-state index >= 15 is 0 Å². The number of carbonyl (C=O) groups excluding carboxylic acids is 1. The highest BCUT2D eigenvalue weighted by atomic mass is 31.2. The van der Waals surface area contributed by atoms with Crippen LogP contribution in [0.5, 0.6) is 0 Å². The van der Waals surface area contributed by atoms with E-state index < -0.39 is 45.1 Å². The van der Waals surface area contributed by atoms with Gasteiger partial charge in [0.05, 0.1) is 13.2 Å². The Kier molecular flexibility index (Phi) is 6.23. The third-order valence-corrected chi connectivity index (χ3v) is 2.12. The van der Waals surface area contributed by atoms with Crippen molar-refractivity contribution >= 4 is 13.6 Å². The smallest absolute Gasteiger partial charge is 0.394 e. The fraction of sp³-hybridized carbons (Fsp3) is 0.833. The highest BCUT2D eigenvalue weighted by Crippen LogP contribution is 2.37. The van der Waals surface area contributed by atoms with Crippen LogP contribution >= 0.6 is 7.82 Å². The van der Waals surface area contributed by atoms with Crippen molar-refractivity contribution in [1.29, 1.82) is 0 Å². The third-order valence-electron chi connectivity index (χ3n) is 1.59. The molecule has 0 fully saturated rings. The van der Waals surface area contributed by atoms with E-state index in [1.165, 1.54) is 0 Å². The number of phosphoric acid groups is 1. The van der Waals surface area contributed by atoms with Gasteiger partial charge >= 0.3 is 7.82 Å². The summed E-state index contributed by atoms with van der Waals surface area (Å²) >= 11 is 0. The number of carbonyl (C=O) groups is 1. The maximum Gasteiger partial charge on any atom is 0.470 e. The van der Waals surface area contributed by atoms with Crippen LogP contribution in [0.4, 0.5) is 0 Å². The Morgan fingerprint density at radius 3 is 2.00 bits per heavy atom. The van der Waals surface area contributed by atoms with E-state index in [0.717, 1.165) is 0 Å². The van der Waals surface area contributed by atoms with Gasteiger partial charge in [-0.05, 0) is 0 Å². The van der Waals surface area contributed by atoms with E-state index in [4.69, 9.17) is 30.2 Å². The molecule has 0 rings (SSSR count). The molecule has 0 aliphatic heterocycles. The summed E-state index contributed by atoms with van der Waals surface area (Å²) < 4.78 is 14.3. The van der Waals surface area contributed by atoms with Gasteiger partial charge in [-0.15, -0.1) is 0 Å². The van der Waals surface area contributed by atoms with Crippen molar-refractivity contribution < 1.29 is 44.1 Å². The van der Waals surface area contributed by atoms with Gasteiger partial charge < -0.3 is 30.2 Å². The lowest BCUT2D eigenvalue weighted by atomic mass is 10.1. The monoisotopic (exact) mass is 260 g/mol. The molecule has 0 heterocycles. The number of Topliss-reactive ketones (excluding diaryl/α,β-unsaturated/α-hetero) is 1. The molecule has 0 saturated heterocycles. The van der Waals surface area contributed by atoms with Crippen LogP contribution in [0.25, 0.3) is 0 Å². The zero-order valence-electron chi connectivity index (χ0n) is 8.00. The molecule has 0 amide bonds. The summed E-state index contributed by atoms with van der Waals surface area (Å²) in [5.74, 6) is -1.34. The highest BCUT2D eigenvalue weighted by Gasteiger charge is 2.34. The second-order valence-corrected chi connectivity index (χ2v) is 4.06. The molecule has 0 aromatic carbocycles. The Morgan fingerprint density at radius 1 is 1.19 bits per heavy atom. The number of aliphatic hydroxyl groups excluding tert-OH is 4. The van der Waals surface area contributed by atoms with Gasteiger partial charge in [0, 0.05) is 0 Å². The maximum atomic E-state index is 11.2. The molecule has 6 N–H and O–H groups in total. The average molecular weight is 260 g/mol. The molecule has 0 bridgehead atoms. The SMILES string of the molecule is O=C([C@@H](CO)OP(=O)(O)O)[C@H](O)[C@@H](O)CO. The molecule has 0 aromatic heterocycles. The first-order valence-electron chi connectivity index (χ1n) is 4.08. The Morgan fingerprint density at radius 2 is 1.69 bits per heavy atom. The van der Waals surface area contributed by atoms with E-state index in [2.05, 4.69) is 4.52 Å². The second kappa shape index (κ2) is 6.38. The van der Waals surface area contributed by atoms with Crippen molar-refractivity contribution in [3.8, 4) is 0 Å². The minimum Gasteiger partial charge on any atom is -0.394 e. The number of hydrogen-bond donors (Lipinski definition) is 6. The summed E-state index contributed by atoms with van der Waals surface area (Å²) in [6.07, 6.45) is -5.90. The van der Waals surface area contributed by atoms with Crippen LogP contribution in [0, 0.1) is 0 Å². The lowest BCUT2D eigenvalue weighted by Gasteiger charge is -2.20. The summed E-state index contributed by atoms with van der Waals surface area (Å²) in [5, 5.41) is 35.0. The lowest BCUT2D eigenvalue weighted by molar-refractivity contribution is -0.144. The van der Waals surface area contributed by atoms with Crippen LogP contribution in [0.2, 0.25) is 0 Å². The first-order valence-corrected chi connectivity index (χ1v) is 5.61. The van der Waals surface area contributed by atoms with Crippen molar-refractivity contribution in [2.75, 3.05) is 13.2 Å². The van der Waals surface area contributed by atoms with Crippen molar-refractivity contribution in [1.82, 2.24) is 0 Å². The van der Waals surface area contributed by atoms with Crippen molar-refractivity contribution in [3.05, 3.63) is 0 Å². The molecule has 3 atom stereocenters. The molecule has 0 saturated carbocycles. The van der Waals surface area contributed by atoms with Gasteiger partial charge in [0.1, 0.15) is 12.2 Å². The Labute approximate surface area is 90.2 Å². The minimum atomic E-state index is -5.01. The predicted molar refractivity (Wildman–Crippen MR) is 48.1 cm³/mol. The second-order valence-electron chi connectivity index (χ2n) is 2.86. The van der Waals surface area contributed by atoms with Gasteiger partial charge in [-0.3, -0.25) is 9.32 Å². The maximum absolute atomic E-state index is 11.2. The number of ketones is 1. The van der Waals surface area contributed by atoms with Crippen LogP contribution in [-0.4, -0.2) is 67.5 Å². The van der Waals surface area contributed by atoms with Crippen LogP contribution in [0.1, 0.15) is 0 Å². The molecule has 96 valence electrons. The molecule has 10 heteroatoms. The Bertz CT molecular complexity index is 273. The third kappa shape index (κ3) is 5.10. The topological polar surface area (TPSA) is 165 Å². The summed E-state index contributed by atoms with van der Waals surface area (Å²) in [6, 6.07) is 0. The summed E-state index contributed by atoms with van der Waals surface area (Å²) in [5.41, 5.74) is 0. The van der Waals surface area contributed by atoms with E-state index in [0.29, 0.717) is 0 Å². The van der Waals surface area contributed by atoms with Crippen LogP contribution in [0.3, 0.4) is 0 Å². The molecule has 0 aliphatic rings. The molecule has 0 aliphatic carbocycles. The largest absolute Gasteiger partial charge is 0.470 e. The van der Waals surface area contributed by atoms with E-state index in [1.807, 2.05) is 0 Å². The fourth-order valence-corrected chi connectivity index (χ4v) is 1.32. The first kappa shape index (κ1) is 15.6. The predicted octanol–water partition coefficient (Wildman–Crippen LogP) is -3.26. The van der Waals surface area contributed by atoms with Gasteiger partial charge in [0.25, 0.3) is 0 Å². The van der Waals surface area contributed by atoms with Gasteiger partial charge in [-0.2, -0.15) is 0 Å². The lowest BCUT2D eigenvalue weighted by Crippen LogP contribution is -2.44. The molecule has 16 heavy (non-hydrogen) atoms. The van der Waals surface area contributed by atoms with Gasteiger partial charge in [-0.25, -0.2) is 4.57 Å². The van der Waals surface area contributed by atoms with Gasteiger partial charge in [-0.1, -0.05) is 0 Å². The number of aliphatic hydroxyl groups is 4. The Hall–Kier alpha value is -0.380. The molecular weight excluding hydrogens is 247 g/mol. The fourth-order valence-electron chi connectivity index (χ4n) is 0.821. The number of hydrogen-bond acceptors (Lipinski definition) is 7. The van der Waals surface area contributed by atoms with Crippen molar-refractivity contribution in [2.45, 2.75) is 18.3 Å². The standard InChI is InChI=1S/C6H13O9P/c7-1-3(9)5(10)6(11)4(2-8)15-16(12,13)14/h3-5,7-10H,1-2H2,(H2,12,13,14)/t3-,4+,5+/m0/s1. The highest BCUT2D eigenvalue weighted by molar-refractivity contribution is 7.46. The Balaban J connectivity index is 4.60. The summed E-state index contributed by atoms with van der Waals surface area (Å²) in [4.78, 5) is 28.0. The van der Waals surface area contributed by atoms with Crippen LogP contribution in [0.15, 0.2) is 0 Å². The van der Waals surface area contributed by atoms with E-state index in [-0.39, 0.29) is 0 Å². The number of rotatable bonds is 7. The quantitative estimate of drug-likeness (QED) is 0.258. The van der Waals surface area contributed by atoms with Crippen molar-refractivity contribution in [2.24, 2.45) is 0 Å². The average Bonchev–Trinajstić information content (AvgIpc) is 2.21. The molecule has 9 nitrogen and oxygen atoms in total. The van der Waals surface area contributed by atoms with Gasteiger partial charge in [0.15, 0.2) is 11.9 Å². The summed E-state index contributed by atoms with van der Waals surface area (Å²) in [6.45, 7) is -2.01. The zero-order chi connectivity index (χ0) is 12.9. The number of phosphoric ester groups is 1. The normalized spacial score (nSPS) is 17.9. The van der Waals surface area contributed by atoms with Crippen LogP contribution in [-0.2, 0) is 13.9 Å². The van der Waals surface area contributed by atoms with Crippen molar-refractivity contribution in [3.63, 3.8) is 0 Å². The molecular formula is C6H13O9P. The van der Waals surface area contributed by atoms with E-state index in [9.17, 15) is 9.36 Å². The molecule has 0 spiro atoms. The van der Waals surface area contributed by atoms with E-state index in [1.54, 1.807) is 0 Å². The minimum absolute atomic E-state index is 0.930. The molecule has 0 radical (unpaired) electrons. The molecule has 0 unspecified atom stereocenters. The van der Waals surface area contributed by atoms with Gasteiger partial charge in [0.2, 0.25) is 0 Å². The van der Waals surface area contributed by atoms with Crippen LogP contribution < -0.4 is 0 Å². The summed E-state index contributed by atoms with van der Waals surface area (Å²) in [7, 11) is -5.01.